The number of hydrogen-bond donors (Lipinski definition) is 2. The van der Waals surface area contributed by atoms with Crippen LogP contribution < -0.4 is 5.32 Å². The highest BCUT2D eigenvalue weighted by atomic mass is 35.5. The fraction of sp³-hybridized carbons (Fsp3) is 0.176. The van der Waals surface area contributed by atoms with Crippen LogP contribution in [-0.2, 0) is 4.79 Å². The number of aromatic amines is 1. The molecule has 0 bridgehead atoms. The van der Waals surface area contributed by atoms with Crippen molar-refractivity contribution in [2.45, 2.75) is 12.6 Å². The zero-order valence-corrected chi connectivity index (χ0v) is 14.3. The summed E-state index contributed by atoms with van der Waals surface area (Å²) in [6.45, 7) is 0. The lowest BCUT2D eigenvalue weighted by Crippen LogP contribution is -2.15. The van der Waals surface area contributed by atoms with Crippen molar-refractivity contribution in [1.29, 1.82) is 0 Å². The lowest BCUT2D eigenvalue weighted by Gasteiger charge is -2.06. The van der Waals surface area contributed by atoms with Crippen molar-refractivity contribution in [3.05, 3.63) is 41.4 Å². The van der Waals surface area contributed by atoms with E-state index in [9.17, 15) is 13.6 Å². The molecule has 1 fully saturated rings. The van der Waals surface area contributed by atoms with E-state index < -0.39 is 23.8 Å². The van der Waals surface area contributed by atoms with Gasteiger partial charge in [-0.05, 0) is 18.6 Å². The number of H-pyrrole nitrogens is 1. The number of carbonyl (C=O) groups is 1. The number of hydrogen-bond acceptors (Lipinski definition) is 4. The highest BCUT2D eigenvalue weighted by Gasteiger charge is 2.43. The molecule has 0 saturated heterocycles. The monoisotopic (exact) mass is 388 g/mol. The highest BCUT2D eigenvalue weighted by Crippen LogP contribution is 2.36. The first-order chi connectivity index (χ1) is 13.0. The number of anilines is 1. The molecule has 7 nitrogen and oxygen atoms in total. The summed E-state index contributed by atoms with van der Waals surface area (Å²) in [5.41, 5.74) is 1.79. The van der Waals surface area contributed by atoms with E-state index in [0.717, 1.165) is 0 Å². The average molecular weight is 389 g/mol. The first-order valence-electron chi connectivity index (χ1n) is 8.14. The van der Waals surface area contributed by atoms with Gasteiger partial charge in [-0.1, -0.05) is 11.6 Å². The maximum absolute atomic E-state index is 14.1. The van der Waals surface area contributed by atoms with E-state index >= 15 is 0 Å². The second-order valence-corrected chi connectivity index (χ2v) is 6.75. The normalized spacial score (nSPS) is 18.9. The molecule has 1 amide bonds. The summed E-state index contributed by atoms with van der Waals surface area (Å²) >= 11 is 6.17. The number of rotatable bonds is 3. The van der Waals surface area contributed by atoms with E-state index in [1.54, 1.807) is 18.3 Å². The molecule has 0 radical (unpaired) electrons. The molecule has 3 aromatic heterocycles. The van der Waals surface area contributed by atoms with Crippen LogP contribution in [0.2, 0.25) is 5.02 Å². The van der Waals surface area contributed by atoms with Gasteiger partial charge in [-0.15, -0.1) is 0 Å². The van der Waals surface area contributed by atoms with Crippen molar-refractivity contribution in [2.75, 3.05) is 5.32 Å². The third kappa shape index (κ3) is 2.62. The third-order valence-corrected chi connectivity index (χ3v) is 4.88. The van der Waals surface area contributed by atoms with Gasteiger partial charge in [0.1, 0.15) is 12.0 Å². The van der Waals surface area contributed by atoms with Crippen LogP contribution in [0.5, 0.6) is 0 Å². The van der Waals surface area contributed by atoms with Crippen molar-refractivity contribution in [3.8, 4) is 11.3 Å². The average Bonchev–Trinajstić information content (AvgIpc) is 3.02. The van der Waals surface area contributed by atoms with Gasteiger partial charge in [0.15, 0.2) is 11.5 Å². The Bertz CT molecular complexity index is 1220. The van der Waals surface area contributed by atoms with Crippen molar-refractivity contribution in [1.82, 2.24) is 24.8 Å². The lowest BCUT2D eigenvalue weighted by atomic mass is 10.1. The zero-order chi connectivity index (χ0) is 18.7. The molecule has 0 spiro atoms. The van der Waals surface area contributed by atoms with Crippen LogP contribution in [0.4, 0.5) is 14.6 Å². The zero-order valence-electron chi connectivity index (χ0n) is 13.6. The van der Waals surface area contributed by atoms with Crippen molar-refractivity contribution in [2.24, 2.45) is 5.92 Å². The number of nitrogens with one attached hydrogen (secondary N) is 2. The van der Waals surface area contributed by atoms with Crippen molar-refractivity contribution < 1.29 is 13.6 Å². The van der Waals surface area contributed by atoms with Gasteiger partial charge in [0.05, 0.1) is 34.5 Å². The summed E-state index contributed by atoms with van der Waals surface area (Å²) in [4.78, 5) is 16.1. The molecule has 5 rings (SSSR count). The molecule has 0 aliphatic heterocycles. The Morgan fingerprint density at radius 3 is 3.00 bits per heavy atom. The van der Waals surface area contributed by atoms with Crippen LogP contribution >= 0.6 is 11.6 Å². The molecule has 4 aromatic rings. The standard InChI is InChI=1S/C17H11ClF2N6O/c18-16-10(20)4-12-8(5-21-24-12)15(16)11-1-2-14-22-13(6-26(14)25-11)23-17(27)7-3-9(7)19/h1-2,4-7,9H,3H2,(H,21,24)(H,23,27)/t7-,9+/m1/s1. The minimum absolute atomic E-state index is 0.0629. The third-order valence-electron chi connectivity index (χ3n) is 4.52. The molecule has 2 atom stereocenters. The van der Waals surface area contributed by atoms with Gasteiger partial charge in [0.2, 0.25) is 5.91 Å². The Morgan fingerprint density at radius 2 is 2.22 bits per heavy atom. The molecular weight excluding hydrogens is 378 g/mol. The number of nitrogens with zero attached hydrogens (tertiary/aromatic N) is 4. The fourth-order valence-electron chi connectivity index (χ4n) is 3.01. The Labute approximate surface area is 155 Å². The quantitative estimate of drug-likeness (QED) is 0.563. The van der Waals surface area contributed by atoms with Gasteiger partial charge in [-0.3, -0.25) is 9.89 Å². The van der Waals surface area contributed by atoms with E-state index in [4.69, 9.17) is 11.6 Å². The summed E-state index contributed by atoms with van der Waals surface area (Å²) < 4.78 is 28.6. The van der Waals surface area contributed by atoms with Gasteiger partial charge in [0.25, 0.3) is 0 Å². The highest BCUT2D eigenvalue weighted by molar-refractivity contribution is 6.35. The SMILES string of the molecule is O=C(Nc1cn2nc(-c3c(Cl)c(F)cc4[nH]ncc34)ccc2n1)[C@@H]1C[C@@H]1F. The number of imidazole rings is 1. The molecule has 0 unspecified atom stereocenters. The van der Waals surface area contributed by atoms with E-state index in [-0.39, 0.29) is 17.3 Å². The fourth-order valence-corrected chi connectivity index (χ4v) is 3.27. The van der Waals surface area contributed by atoms with Gasteiger partial charge >= 0.3 is 0 Å². The summed E-state index contributed by atoms with van der Waals surface area (Å²) in [6, 6.07) is 4.59. The molecule has 27 heavy (non-hydrogen) atoms. The van der Waals surface area contributed by atoms with Crippen LogP contribution in [0.3, 0.4) is 0 Å². The number of halogens is 3. The van der Waals surface area contributed by atoms with Gasteiger partial charge in [0, 0.05) is 17.0 Å². The molecule has 1 aliphatic rings. The maximum atomic E-state index is 14.1. The minimum Gasteiger partial charge on any atom is -0.309 e. The van der Waals surface area contributed by atoms with Crippen LogP contribution in [0, 0.1) is 11.7 Å². The second-order valence-electron chi connectivity index (χ2n) is 6.37. The van der Waals surface area contributed by atoms with Gasteiger partial charge < -0.3 is 5.32 Å². The van der Waals surface area contributed by atoms with Crippen LogP contribution in [0.25, 0.3) is 27.8 Å². The lowest BCUT2D eigenvalue weighted by molar-refractivity contribution is -0.117. The second kappa shape index (κ2) is 5.71. The summed E-state index contributed by atoms with van der Waals surface area (Å²) in [7, 11) is 0. The van der Waals surface area contributed by atoms with Gasteiger partial charge in [-0.2, -0.15) is 10.2 Å². The Balaban J connectivity index is 1.56. The maximum Gasteiger partial charge on any atom is 0.231 e. The number of amides is 1. The minimum atomic E-state index is -1.08. The number of fused-ring (bicyclic) bond motifs is 2. The molecule has 3 heterocycles. The molecule has 2 N–H and O–H groups in total. The van der Waals surface area contributed by atoms with Crippen LogP contribution in [0.15, 0.2) is 30.6 Å². The van der Waals surface area contributed by atoms with E-state index in [1.807, 2.05) is 0 Å². The Hall–Kier alpha value is -3.07. The number of benzene rings is 1. The molecule has 1 aliphatic carbocycles. The Kier molecular flexibility index (Phi) is 3.41. The smallest absolute Gasteiger partial charge is 0.231 e. The largest absolute Gasteiger partial charge is 0.309 e. The number of alkyl halides is 1. The topological polar surface area (TPSA) is 88.0 Å². The molecule has 1 saturated carbocycles. The van der Waals surface area contributed by atoms with Crippen molar-refractivity contribution >= 4 is 39.9 Å². The van der Waals surface area contributed by atoms with E-state index in [0.29, 0.717) is 27.8 Å². The first-order valence-corrected chi connectivity index (χ1v) is 8.52. The predicted molar refractivity (Wildman–Crippen MR) is 94.7 cm³/mol. The number of aromatic nitrogens is 5. The molecule has 1 aromatic carbocycles. The predicted octanol–water partition coefficient (Wildman–Crippen LogP) is 3.36. The van der Waals surface area contributed by atoms with E-state index in [1.165, 1.54) is 16.8 Å². The summed E-state index contributed by atoms with van der Waals surface area (Å²) in [5.74, 6) is -1.34. The molecular formula is C17H11ClF2N6O. The van der Waals surface area contributed by atoms with E-state index in [2.05, 4.69) is 25.6 Å². The summed E-state index contributed by atoms with van der Waals surface area (Å²) in [5, 5.41) is 14.2. The molecule has 136 valence electrons. The van der Waals surface area contributed by atoms with Crippen LogP contribution in [-0.4, -0.2) is 36.9 Å². The van der Waals surface area contributed by atoms with Gasteiger partial charge in [-0.25, -0.2) is 18.3 Å². The first kappa shape index (κ1) is 16.1. The molecule has 10 heteroatoms. The number of carbonyl (C=O) groups excluding carboxylic acids is 1. The Morgan fingerprint density at radius 1 is 1.41 bits per heavy atom. The summed E-state index contributed by atoms with van der Waals surface area (Å²) in [6.07, 6.45) is 2.20. The van der Waals surface area contributed by atoms with Crippen molar-refractivity contribution in [3.63, 3.8) is 0 Å². The van der Waals surface area contributed by atoms with Crippen LogP contribution in [0.1, 0.15) is 6.42 Å².